The van der Waals surface area contributed by atoms with Crippen molar-refractivity contribution >= 4 is 24.3 Å². The number of hydrogen-bond acceptors (Lipinski definition) is 0. The molecule has 0 N–H and O–H groups in total. The summed E-state index contributed by atoms with van der Waals surface area (Å²) in [6, 6.07) is 22.4. The zero-order valence-electron chi connectivity index (χ0n) is 17.1. The summed E-state index contributed by atoms with van der Waals surface area (Å²) in [5.41, 5.74) is 10.8. The zero-order chi connectivity index (χ0) is 19.5. The lowest BCUT2D eigenvalue weighted by Crippen LogP contribution is -2.24. The van der Waals surface area contributed by atoms with Gasteiger partial charge in [-0.15, -0.1) is 0 Å². The van der Waals surface area contributed by atoms with Gasteiger partial charge < -0.3 is 0 Å². The van der Waals surface area contributed by atoms with Crippen molar-refractivity contribution < 1.29 is 0 Å². The maximum atomic E-state index is 2.43. The van der Waals surface area contributed by atoms with E-state index in [9.17, 15) is 0 Å². The zero-order valence-corrected chi connectivity index (χ0v) is 17.1. The second-order valence-electron chi connectivity index (χ2n) is 9.12. The molecule has 0 radical (unpaired) electrons. The maximum Gasteiger partial charge on any atom is 0.0158 e. The average molecular weight is 363 g/mol. The highest BCUT2D eigenvalue weighted by Gasteiger charge is 2.33. The molecule has 0 atom stereocenters. The molecule has 0 aromatic heterocycles. The summed E-state index contributed by atoms with van der Waals surface area (Å²) in [6.07, 6.45) is 9.17. The molecule has 2 aliphatic rings. The lowest BCUT2D eigenvalue weighted by Gasteiger charge is -2.32. The van der Waals surface area contributed by atoms with Crippen LogP contribution in [-0.2, 0) is 10.8 Å². The van der Waals surface area contributed by atoms with Gasteiger partial charge in [-0.25, -0.2) is 0 Å². The monoisotopic (exact) mass is 362 g/mol. The Morgan fingerprint density at radius 1 is 0.429 bits per heavy atom. The van der Waals surface area contributed by atoms with Crippen LogP contribution in [0.5, 0.6) is 0 Å². The Morgan fingerprint density at radius 3 is 1.21 bits per heavy atom. The van der Waals surface area contributed by atoms with Gasteiger partial charge >= 0.3 is 0 Å². The molecule has 0 bridgehead atoms. The lowest BCUT2D eigenvalue weighted by molar-refractivity contribution is 0.624. The molecule has 0 heterocycles. The molecule has 28 heavy (non-hydrogen) atoms. The van der Waals surface area contributed by atoms with Crippen LogP contribution in [0.2, 0.25) is 0 Å². The van der Waals surface area contributed by atoms with Gasteiger partial charge in [0.05, 0.1) is 0 Å². The Kier molecular flexibility index (Phi) is 3.58. The van der Waals surface area contributed by atoms with E-state index in [1.54, 1.807) is 0 Å². The topological polar surface area (TPSA) is 0 Å². The summed E-state index contributed by atoms with van der Waals surface area (Å²) in [5, 5.41) is 0. The van der Waals surface area contributed by atoms with Crippen molar-refractivity contribution in [3.63, 3.8) is 0 Å². The van der Waals surface area contributed by atoms with E-state index in [0.29, 0.717) is 0 Å². The average Bonchev–Trinajstić information content (AvgIpc) is 2.87. The highest BCUT2D eigenvalue weighted by Crippen LogP contribution is 2.45. The third-order valence-corrected chi connectivity index (χ3v) is 6.72. The minimum absolute atomic E-state index is 0.0401. The second kappa shape index (κ2) is 5.82. The standard InChI is InChI=1S/C28H26/c1-27(2)23-11-7-5-9-19(23)13-15-21-18-26-22(17-25(21)27)16-14-20-10-6-8-12-24(20)28(26,3)4/h5-18H,1-4H3. The number of rotatable bonds is 0. The van der Waals surface area contributed by atoms with Gasteiger partial charge in [-0.1, -0.05) is 101 Å². The van der Waals surface area contributed by atoms with E-state index >= 15 is 0 Å². The molecule has 0 spiro atoms. The maximum absolute atomic E-state index is 2.43. The first-order valence-corrected chi connectivity index (χ1v) is 10.1. The van der Waals surface area contributed by atoms with Crippen molar-refractivity contribution in [3.8, 4) is 0 Å². The third-order valence-electron chi connectivity index (χ3n) is 6.72. The van der Waals surface area contributed by atoms with Gasteiger partial charge in [0, 0.05) is 10.8 Å². The fourth-order valence-electron chi connectivity index (χ4n) is 5.06. The van der Waals surface area contributed by atoms with Gasteiger partial charge in [-0.2, -0.15) is 0 Å². The molecular weight excluding hydrogens is 336 g/mol. The van der Waals surface area contributed by atoms with Crippen LogP contribution in [0.25, 0.3) is 24.3 Å². The largest absolute Gasteiger partial charge is 0.0619 e. The number of fused-ring (bicyclic) bond motifs is 4. The van der Waals surface area contributed by atoms with E-state index in [1.807, 2.05) is 0 Å². The Hall–Kier alpha value is -2.86. The fourth-order valence-corrected chi connectivity index (χ4v) is 5.06. The molecule has 0 amide bonds. The molecule has 5 rings (SSSR count). The van der Waals surface area contributed by atoms with Crippen molar-refractivity contribution in [2.45, 2.75) is 38.5 Å². The predicted octanol–water partition coefficient (Wildman–Crippen LogP) is 7.31. The van der Waals surface area contributed by atoms with Crippen LogP contribution in [0, 0.1) is 0 Å². The molecule has 2 aliphatic carbocycles. The van der Waals surface area contributed by atoms with E-state index in [-0.39, 0.29) is 10.8 Å². The van der Waals surface area contributed by atoms with E-state index in [0.717, 1.165) is 0 Å². The second-order valence-corrected chi connectivity index (χ2v) is 9.12. The van der Waals surface area contributed by atoms with Crippen LogP contribution >= 0.6 is 0 Å². The first-order chi connectivity index (χ1) is 13.4. The summed E-state index contributed by atoms with van der Waals surface area (Å²) < 4.78 is 0. The van der Waals surface area contributed by atoms with E-state index < -0.39 is 0 Å². The molecule has 0 aliphatic heterocycles. The SMILES string of the molecule is CC1(C)c2ccccc2C=Cc2cc3c(cc21)C=Cc1ccccc1C3(C)C. The summed E-state index contributed by atoms with van der Waals surface area (Å²) in [6.45, 7) is 9.41. The van der Waals surface area contributed by atoms with Crippen molar-refractivity contribution in [2.75, 3.05) is 0 Å². The molecule has 0 saturated heterocycles. The van der Waals surface area contributed by atoms with E-state index in [4.69, 9.17) is 0 Å². The van der Waals surface area contributed by atoms with Crippen molar-refractivity contribution in [2.24, 2.45) is 0 Å². The highest BCUT2D eigenvalue weighted by molar-refractivity contribution is 5.83. The van der Waals surface area contributed by atoms with Gasteiger partial charge in [-0.05, 0) is 56.6 Å². The van der Waals surface area contributed by atoms with E-state index in [1.165, 1.54) is 44.5 Å². The molecular formula is C28H26. The number of hydrogen-bond donors (Lipinski definition) is 0. The predicted molar refractivity (Wildman–Crippen MR) is 121 cm³/mol. The molecule has 3 aromatic rings. The van der Waals surface area contributed by atoms with Crippen LogP contribution in [0.15, 0.2) is 60.7 Å². The van der Waals surface area contributed by atoms with Gasteiger partial charge in [0.1, 0.15) is 0 Å². The van der Waals surface area contributed by atoms with Crippen molar-refractivity contribution in [3.05, 3.63) is 105 Å². The molecule has 138 valence electrons. The van der Waals surface area contributed by atoms with E-state index in [2.05, 4.69) is 113 Å². The molecule has 0 unspecified atom stereocenters. The van der Waals surface area contributed by atoms with Crippen LogP contribution in [-0.4, -0.2) is 0 Å². The lowest BCUT2D eigenvalue weighted by atomic mass is 9.71. The molecule has 0 nitrogen and oxygen atoms in total. The Morgan fingerprint density at radius 2 is 0.786 bits per heavy atom. The van der Waals surface area contributed by atoms with Crippen LogP contribution in [0.3, 0.4) is 0 Å². The quantitative estimate of drug-likeness (QED) is 0.393. The van der Waals surface area contributed by atoms with Crippen molar-refractivity contribution in [1.29, 1.82) is 0 Å². The summed E-state index contributed by atoms with van der Waals surface area (Å²) >= 11 is 0. The summed E-state index contributed by atoms with van der Waals surface area (Å²) in [4.78, 5) is 0. The fraction of sp³-hybridized carbons (Fsp3) is 0.214. The van der Waals surface area contributed by atoms with Crippen LogP contribution < -0.4 is 0 Å². The molecule has 0 fully saturated rings. The Bertz CT molecular complexity index is 1060. The normalized spacial score (nSPS) is 17.6. The molecule has 0 heteroatoms. The van der Waals surface area contributed by atoms with Gasteiger partial charge in [0.25, 0.3) is 0 Å². The minimum atomic E-state index is -0.0401. The van der Waals surface area contributed by atoms with Crippen LogP contribution in [0.1, 0.15) is 72.2 Å². The Balaban J connectivity index is 1.79. The number of benzene rings is 3. The smallest absolute Gasteiger partial charge is 0.0158 e. The molecule has 0 saturated carbocycles. The Labute approximate surface area is 168 Å². The highest BCUT2D eigenvalue weighted by atomic mass is 14.4. The third kappa shape index (κ3) is 2.37. The van der Waals surface area contributed by atoms with Gasteiger partial charge in [0.2, 0.25) is 0 Å². The summed E-state index contributed by atoms with van der Waals surface area (Å²) in [5.74, 6) is 0. The van der Waals surface area contributed by atoms with Crippen molar-refractivity contribution in [1.82, 2.24) is 0 Å². The van der Waals surface area contributed by atoms with Crippen LogP contribution in [0.4, 0.5) is 0 Å². The summed E-state index contributed by atoms with van der Waals surface area (Å²) in [7, 11) is 0. The minimum Gasteiger partial charge on any atom is -0.0619 e. The molecule has 3 aromatic carbocycles. The van der Waals surface area contributed by atoms with Gasteiger partial charge in [-0.3, -0.25) is 0 Å². The van der Waals surface area contributed by atoms with Gasteiger partial charge in [0.15, 0.2) is 0 Å². The first-order valence-electron chi connectivity index (χ1n) is 10.1. The first kappa shape index (κ1) is 17.3.